The quantitative estimate of drug-likeness (QED) is 0.0795. The maximum absolute atomic E-state index is 14.1. The number of allylic oxidation sites excluding steroid dienone is 1. The highest BCUT2D eigenvalue weighted by molar-refractivity contribution is 5.95. The number of hydrogen-bond donors (Lipinski definition) is 6. The van der Waals surface area contributed by atoms with Crippen LogP contribution in [0.15, 0.2) is 102 Å². The van der Waals surface area contributed by atoms with E-state index in [0.717, 1.165) is 17.4 Å². The van der Waals surface area contributed by atoms with E-state index < -0.39 is 64.0 Å². The molecule has 0 radical (unpaired) electrons. The lowest BCUT2D eigenvalue weighted by atomic mass is 9.46. The molecule has 3 fully saturated rings. The van der Waals surface area contributed by atoms with Crippen LogP contribution < -0.4 is 5.73 Å². The zero-order valence-corrected chi connectivity index (χ0v) is 39.6. The predicted octanol–water partition coefficient (Wildman–Crippen LogP) is 6.96. The van der Waals surface area contributed by atoms with Crippen LogP contribution >= 0.6 is 0 Å². The molecule has 362 valence electrons. The molecule has 0 aromatic heterocycles. The minimum Gasteiger partial charge on any atom is -0.481 e. The van der Waals surface area contributed by atoms with Gasteiger partial charge < -0.3 is 50.3 Å². The Kier molecular flexibility index (Phi) is 21.7. The van der Waals surface area contributed by atoms with E-state index in [9.17, 15) is 34.2 Å². The number of carboxylic acids is 3. The summed E-state index contributed by atoms with van der Waals surface area (Å²) in [6.45, 7) is 14.4. The van der Waals surface area contributed by atoms with E-state index in [1.807, 2.05) is 65.0 Å². The van der Waals surface area contributed by atoms with E-state index in [4.69, 9.17) is 40.1 Å². The summed E-state index contributed by atoms with van der Waals surface area (Å²) in [5, 5.41) is 48.3. The molecule has 3 aromatic carbocycles. The molecule has 66 heavy (non-hydrogen) atoms. The Labute approximate surface area is 388 Å². The number of fused-ring (bicyclic) bond motifs is 5. The number of carboxylic acid groups (broad SMARTS) is 3. The Morgan fingerprint density at radius 1 is 0.879 bits per heavy atom. The fraction of sp³-hybridized carbons (Fsp3) is 0.490. The van der Waals surface area contributed by atoms with Gasteiger partial charge in [0.05, 0.1) is 41.0 Å². The van der Waals surface area contributed by atoms with Crippen LogP contribution in [0.2, 0.25) is 0 Å². The van der Waals surface area contributed by atoms with Crippen molar-refractivity contribution in [1.29, 1.82) is 0 Å². The molecule has 0 spiro atoms. The number of Topliss-reactive ketones (excluding diaryl/α,β-unsaturated/α-hetero) is 1. The molecule has 1 heterocycles. The Morgan fingerprint density at radius 2 is 1.33 bits per heavy atom. The molecule has 1 aliphatic heterocycles. The van der Waals surface area contributed by atoms with E-state index >= 15 is 0 Å². The smallest absolute Gasteiger partial charge is 0.335 e. The number of aliphatic carboxylic acids is 1. The van der Waals surface area contributed by atoms with Gasteiger partial charge in [-0.3, -0.25) is 14.4 Å². The van der Waals surface area contributed by atoms with Gasteiger partial charge in [-0.25, -0.2) is 9.59 Å². The van der Waals surface area contributed by atoms with E-state index in [-0.39, 0.29) is 24.7 Å². The number of ether oxygens (including phenoxy) is 3. The fourth-order valence-electron chi connectivity index (χ4n) is 8.82. The summed E-state index contributed by atoms with van der Waals surface area (Å²) in [6, 6.07) is 26.5. The highest BCUT2D eigenvalue weighted by Crippen LogP contribution is 2.63. The summed E-state index contributed by atoms with van der Waals surface area (Å²) in [7, 11) is 1.60. The second-order valence-corrected chi connectivity index (χ2v) is 17.7. The highest BCUT2D eigenvalue weighted by atomic mass is 16.6. The monoisotopic (exact) mass is 919 g/mol. The van der Waals surface area contributed by atoms with Crippen LogP contribution in [-0.2, 0) is 39.8 Å². The maximum atomic E-state index is 14.1. The summed E-state index contributed by atoms with van der Waals surface area (Å²) in [6.07, 6.45) is 0.834. The number of ketones is 1. The zero-order chi connectivity index (χ0) is 50.0. The number of nitrogens with two attached hydrogens (primary N) is 1. The minimum atomic E-state index is -1.25. The first-order valence-electron chi connectivity index (χ1n) is 21.9. The number of hydrogen-bond acceptors (Lipinski definition) is 12. The lowest BCUT2D eigenvalue weighted by Crippen LogP contribution is -2.77. The van der Waals surface area contributed by atoms with E-state index in [0.29, 0.717) is 55.0 Å². The molecule has 7 unspecified atom stereocenters. The molecular weight excluding hydrogens is 851 g/mol. The molecule has 7 N–H and O–H groups in total. The van der Waals surface area contributed by atoms with Crippen molar-refractivity contribution >= 4 is 35.9 Å². The van der Waals surface area contributed by atoms with Gasteiger partial charge in [-0.15, -0.1) is 0 Å². The molecule has 15 nitrogen and oxygen atoms in total. The van der Waals surface area contributed by atoms with Gasteiger partial charge in [0.25, 0.3) is 0 Å². The van der Waals surface area contributed by atoms with Crippen LogP contribution in [0.5, 0.6) is 0 Å². The Bertz CT molecular complexity index is 2030. The number of aromatic carboxylic acids is 2. The van der Waals surface area contributed by atoms with Gasteiger partial charge in [0, 0.05) is 38.2 Å². The Morgan fingerprint density at radius 3 is 1.70 bits per heavy atom. The number of esters is 1. The number of aliphatic hydroxyl groups excluding tert-OH is 1. The standard InChI is InChI=1S/C23H34O7.C9H10O2.2C7H6O2.C3H9N.C2H4O/c1-12-7-8-22(27)10-14-21(5,15(25)9-16-23(14,28-6)11-29-16)19(26)18(30-13(2)24)17(12)20(22,3)4;10-9(11)7-6-8-4-2-1-3-5-8;2*8-7(9)6-4-2-1-3-5-6;1-3(2)4;1-2-3/h14-16,18,25,27H,7-11H2,1-6H3;1-5H,6-7H2,(H,10,11);2*1-5H,(H,8,9);3H,4H2,1-2H3;2H,1H3. The third-order valence-corrected chi connectivity index (χ3v) is 12.5. The molecule has 2 bridgehead atoms. The first-order chi connectivity index (χ1) is 30.9. The minimum absolute atomic E-state index is 0.212. The van der Waals surface area contributed by atoms with Crippen LogP contribution in [0.3, 0.4) is 0 Å². The second kappa shape index (κ2) is 25.4. The number of aliphatic hydroxyl groups is 2. The number of benzene rings is 3. The SMILES string of the molecule is CC(C)N.CC=O.COC12COC1CC(O)C1(C)C(=O)C(OC(C)=O)C3=C(C)CCC(O)(CC21)C3(C)C.O=C(O)CCc1ccccc1.O=C(O)c1ccccc1.O=C(O)c1ccccc1. The zero-order valence-electron chi connectivity index (χ0n) is 39.6. The van der Waals surface area contributed by atoms with Crippen molar-refractivity contribution in [2.75, 3.05) is 13.7 Å². The molecule has 15 heteroatoms. The number of carbonyl (C=O) groups is 6. The number of carbonyl (C=O) groups excluding carboxylic acids is 3. The number of rotatable bonds is 7. The summed E-state index contributed by atoms with van der Waals surface area (Å²) >= 11 is 0. The largest absolute Gasteiger partial charge is 0.481 e. The Hall–Kier alpha value is -5.58. The average Bonchev–Trinajstić information content (AvgIpc) is 3.26. The van der Waals surface area contributed by atoms with Crippen molar-refractivity contribution in [2.45, 2.75) is 129 Å². The molecule has 7 rings (SSSR count). The van der Waals surface area contributed by atoms with Gasteiger partial charge in [-0.1, -0.05) is 100.0 Å². The lowest BCUT2D eigenvalue weighted by Gasteiger charge is -2.66. The molecule has 4 aliphatic rings. The second-order valence-electron chi connectivity index (χ2n) is 17.7. The van der Waals surface area contributed by atoms with Crippen LogP contribution in [-0.4, -0.2) is 111 Å². The average molecular weight is 920 g/mol. The van der Waals surface area contributed by atoms with E-state index in [1.54, 1.807) is 74.7 Å². The van der Waals surface area contributed by atoms with Gasteiger partial charge in [0.2, 0.25) is 0 Å². The predicted molar refractivity (Wildman–Crippen MR) is 248 cm³/mol. The first-order valence-corrected chi connectivity index (χ1v) is 21.9. The topological polar surface area (TPSA) is 257 Å². The molecule has 3 aliphatic carbocycles. The van der Waals surface area contributed by atoms with Crippen molar-refractivity contribution in [3.8, 4) is 0 Å². The summed E-state index contributed by atoms with van der Waals surface area (Å²) in [4.78, 5) is 65.5. The molecule has 1 saturated heterocycles. The number of aryl methyl sites for hydroxylation is 1. The van der Waals surface area contributed by atoms with Crippen LogP contribution in [0, 0.1) is 16.7 Å². The molecule has 2 saturated carbocycles. The fourth-order valence-corrected chi connectivity index (χ4v) is 8.82. The normalized spacial score (nSPS) is 26.3. The van der Waals surface area contributed by atoms with Gasteiger partial charge in [-0.2, -0.15) is 0 Å². The highest BCUT2D eigenvalue weighted by Gasteiger charge is 2.72. The van der Waals surface area contributed by atoms with Crippen LogP contribution in [0.4, 0.5) is 0 Å². The van der Waals surface area contributed by atoms with E-state index in [2.05, 4.69) is 0 Å². The lowest BCUT2D eigenvalue weighted by molar-refractivity contribution is -0.331. The van der Waals surface area contributed by atoms with Crippen molar-refractivity contribution < 1.29 is 68.5 Å². The van der Waals surface area contributed by atoms with Crippen molar-refractivity contribution in [1.82, 2.24) is 0 Å². The molecule has 0 amide bonds. The summed E-state index contributed by atoms with van der Waals surface area (Å²) in [5.74, 6) is -3.86. The van der Waals surface area contributed by atoms with Crippen molar-refractivity contribution in [3.05, 3.63) is 119 Å². The van der Waals surface area contributed by atoms with Crippen molar-refractivity contribution in [3.63, 3.8) is 0 Å². The van der Waals surface area contributed by atoms with Gasteiger partial charge in [0.15, 0.2) is 11.9 Å². The third-order valence-electron chi connectivity index (χ3n) is 12.5. The molecule has 7 atom stereocenters. The maximum Gasteiger partial charge on any atom is 0.335 e. The van der Waals surface area contributed by atoms with Crippen molar-refractivity contribution in [2.24, 2.45) is 22.5 Å². The van der Waals surface area contributed by atoms with Gasteiger partial charge >= 0.3 is 23.9 Å². The van der Waals surface area contributed by atoms with Gasteiger partial charge in [0.1, 0.15) is 11.9 Å². The van der Waals surface area contributed by atoms with E-state index in [1.165, 1.54) is 13.8 Å². The first kappa shape index (κ1) is 56.5. The van der Waals surface area contributed by atoms with Crippen LogP contribution in [0.1, 0.15) is 114 Å². The van der Waals surface area contributed by atoms with Gasteiger partial charge in [-0.05, 0) is 87.9 Å². The summed E-state index contributed by atoms with van der Waals surface area (Å²) in [5.41, 5.74) is 4.54. The molecule has 3 aromatic rings. The van der Waals surface area contributed by atoms with Crippen LogP contribution in [0.25, 0.3) is 0 Å². The summed E-state index contributed by atoms with van der Waals surface area (Å²) < 4.78 is 17.3. The third kappa shape index (κ3) is 14.2. The molecular formula is C51H69NO14. The number of aldehydes is 1. The number of methoxy groups -OCH3 is 1. The Balaban J connectivity index is 0.000000338.